The molecule has 0 aliphatic carbocycles. The molecule has 0 spiro atoms. The predicted molar refractivity (Wildman–Crippen MR) is 124 cm³/mol. The van der Waals surface area contributed by atoms with E-state index < -0.39 is 0 Å². The molecule has 1 aromatic heterocycles. The smallest absolute Gasteiger partial charge is 0.223 e. The first-order valence-corrected chi connectivity index (χ1v) is 11.7. The van der Waals surface area contributed by atoms with Crippen LogP contribution in [-0.2, 0) is 24.2 Å². The van der Waals surface area contributed by atoms with E-state index in [4.69, 9.17) is 9.97 Å². The first-order valence-electron chi connectivity index (χ1n) is 11.7. The fraction of sp³-hybridized carbons (Fsp3) is 0.560. The van der Waals surface area contributed by atoms with Crippen LogP contribution in [0.3, 0.4) is 0 Å². The maximum atomic E-state index is 13.2. The number of carbonyl (C=O) groups is 1. The Balaban J connectivity index is 1.49. The van der Waals surface area contributed by atoms with Gasteiger partial charge in [0.2, 0.25) is 5.91 Å². The lowest BCUT2D eigenvalue weighted by molar-refractivity contribution is -0.135. The third-order valence-electron chi connectivity index (χ3n) is 6.56. The highest BCUT2D eigenvalue weighted by molar-refractivity contribution is 5.76. The Bertz CT molecular complexity index is 946. The van der Waals surface area contributed by atoms with Gasteiger partial charge in [0.05, 0.1) is 11.7 Å². The summed E-state index contributed by atoms with van der Waals surface area (Å²) in [5.74, 6) is 1.72. The van der Waals surface area contributed by atoms with Crippen molar-refractivity contribution < 1.29 is 9.18 Å². The van der Waals surface area contributed by atoms with Crippen LogP contribution >= 0.6 is 0 Å². The molecule has 3 heterocycles. The van der Waals surface area contributed by atoms with Gasteiger partial charge in [0.1, 0.15) is 11.6 Å². The Hall–Kier alpha value is -2.54. The monoisotopic (exact) mass is 439 g/mol. The summed E-state index contributed by atoms with van der Waals surface area (Å²) in [6.07, 6.45) is 5.97. The van der Waals surface area contributed by atoms with Gasteiger partial charge in [0.25, 0.3) is 0 Å². The number of aryl methyl sites for hydroxylation is 1. The second-order valence-corrected chi connectivity index (χ2v) is 9.29. The Labute approximate surface area is 190 Å². The van der Waals surface area contributed by atoms with Crippen LogP contribution in [-0.4, -0.2) is 59.9 Å². The van der Waals surface area contributed by atoms with E-state index in [1.54, 1.807) is 12.1 Å². The first kappa shape index (κ1) is 22.6. The van der Waals surface area contributed by atoms with Gasteiger partial charge in [0.15, 0.2) is 5.82 Å². The van der Waals surface area contributed by atoms with Gasteiger partial charge in [-0.05, 0) is 56.8 Å². The van der Waals surface area contributed by atoms with Crippen molar-refractivity contribution >= 4 is 11.7 Å². The van der Waals surface area contributed by atoms with E-state index in [0.717, 1.165) is 81.1 Å². The summed E-state index contributed by atoms with van der Waals surface area (Å²) in [5, 5.41) is 0. The number of hydrogen-bond acceptors (Lipinski definition) is 5. The van der Waals surface area contributed by atoms with Crippen LogP contribution in [0, 0.1) is 5.82 Å². The van der Waals surface area contributed by atoms with Crippen molar-refractivity contribution in [3.63, 3.8) is 0 Å². The van der Waals surface area contributed by atoms with Gasteiger partial charge in [-0.1, -0.05) is 12.1 Å². The van der Waals surface area contributed by atoms with Crippen LogP contribution in [0.5, 0.6) is 0 Å². The Morgan fingerprint density at radius 2 is 1.94 bits per heavy atom. The molecule has 4 rings (SSSR count). The van der Waals surface area contributed by atoms with Gasteiger partial charge < -0.3 is 14.7 Å². The van der Waals surface area contributed by atoms with Crippen molar-refractivity contribution in [1.82, 2.24) is 19.8 Å². The molecule has 2 aliphatic heterocycles. The molecule has 7 heteroatoms. The van der Waals surface area contributed by atoms with Crippen molar-refractivity contribution in [2.24, 2.45) is 0 Å². The molecule has 6 nitrogen and oxygen atoms in total. The number of anilines is 1. The molecule has 0 unspecified atom stereocenters. The lowest BCUT2D eigenvalue weighted by atomic mass is 9.99. The molecular weight excluding hydrogens is 405 g/mol. The average molecular weight is 440 g/mol. The molecule has 2 aliphatic rings. The molecule has 0 N–H and O–H groups in total. The minimum absolute atomic E-state index is 0.0503. The number of likely N-dealkylation sites (tertiary alicyclic amines) is 1. The highest BCUT2D eigenvalue weighted by Crippen LogP contribution is 2.33. The number of likely N-dealkylation sites (N-methyl/N-ethyl adjacent to an activating group) is 1. The fourth-order valence-corrected chi connectivity index (χ4v) is 4.81. The normalized spacial score (nSPS) is 19.0. The third-order valence-corrected chi connectivity index (χ3v) is 6.56. The zero-order valence-electron chi connectivity index (χ0n) is 19.5. The number of amides is 1. The number of benzene rings is 1. The Kier molecular flexibility index (Phi) is 7.04. The summed E-state index contributed by atoms with van der Waals surface area (Å²) in [5.41, 5.74) is 3.40. The Morgan fingerprint density at radius 3 is 2.69 bits per heavy atom. The van der Waals surface area contributed by atoms with E-state index in [1.165, 1.54) is 17.7 Å². The second-order valence-electron chi connectivity index (χ2n) is 9.29. The quantitative estimate of drug-likeness (QED) is 0.686. The van der Waals surface area contributed by atoms with Crippen molar-refractivity contribution in [3.8, 4) is 0 Å². The molecule has 0 bridgehead atoms. The summed E-state index contributed by atoms with van der Waals surface area (Å²) >= 11 is 0. The molecular formula is C25H34FN5O. The number of aromatic nitrogens is 2. The number of halogens is 1. The summed E-state index contributed by atoms with van der Waals surface area (Å²) < 4.78 is 13.1. The number of rotatable bonds is 6. The second kappa shape index (κ2) is 9.94. The summed E-state index contributed by atoms with van der Waals surface area (Å²) in [4.78, 5) is 29.5. The highest BCUT2D eigenvalue weighted by atomic mass is 19.1. The van der Waals surface area contributed by atoms with Gasteiger partial charge in [-0.25, -0.2) is 14.4 Å². The number of piperidine rings is 1. The maximum Gasteiger partial charge on any atom is 0.223 e. The largest absolute Gasteiger partial charge is 0.362 e. The van der Waals surface area contributed by atoms with E-state index in [-0.39, 0.29) is 17.8 Å². The van der Waals surface area contributed by atoms with Crippen LogP contribution in [0.15, 0.2) is 24.3 Å². The zero-order chi connectivity index (χ0) is 22.7. The molecule has 1 saturated heterocycles. The van der Waals surface area contributed by atoms with Crippen LogP contribution in [0.2, 0.25) is 0 Å². The van der Waals surface area contributed by atoms with Gasteiger partial charge >= 0.3 is 0 Å². The van der Waals surface area contributed by atoms with E-state index in [1.807, 2.05) is 19.0 Å². The fourth-order valence-electron chi connectivity index (χ4n) is 4.81. The standard InChI is InChI=1S/C25H34FN5O/c1-29(2)25-20-17-30(3)16-14-21(20)27-24(28-25)22-8-4-5-15-31(22)23(32)9-6-7-18-10-12-19(26)13-11-18/h10-13,22H,4-9,14-17H2,1-3H3/t22-/m0/s1. The maximum absolute atomic E-state index is 13.2. The zero-order valence-corrected chi connectivity index (χ0v) is 19.5. The molecule has 1 atom stereocenters. The third kappa shape index (κ3) is 5.09. The summed E-state index contributed by atoms with van der Waals surface area (Å²) in [6.45, 7) is 2.62. The molecule has 1 amide bonds. The SMILES string of the molecule is CN1CCc2nc([C@@H]3CCCCN3C(=O)CCCc3ccc(F)cc3)nc(N(C)C)c2C1. The van der Waals surface area contributed by atoms with E-state index >= 15 is 0 Å². The lowest BCUT2D eigenvalue weighted by Gasteiger charge is -2.36. The summed E-state index contributed by atoms with van der Waals surface area (Å²) in [6, 6.07) is 6.50. The number of fused-ring (bicyclic) bond motifs is 1. The minimum atomic E-state index is -0.227. The van der Waals surface area contributed by atoms with E-state index in [2.05, 4.69) is 16.8 Å². The van der Waals surface area contributed by atoms with Gasteiger partial charge in [0, 0.05) is 52.1 Å². The number of hydrogen-bond donors (Lipinski definition) is 0. The van der Waals surface area contributed by atoms with Gasteiger partial charge in [-0.15, -0.1) is 0 Å². The first-order chi connectivity index (χ1) is 15.4. The van der Waals surface area contributed by atoms with Crippen LogP contribution in [0.1, 0.15) is 60.8 Å². The average Bonchev–Trinajstić information content (AvgIpc) is 2.79. The molecule has 2 aromatic rings. The Morgan fingerprint density at radius 1 is 1.16 bits per heavy atom. The van der Waals surface area contributed by atoms with E-state index in [0.29, 0.717) is 6.42 Å². The van der Waals surface area contributed by atoms with Crippen molar-refractivity contribution in [1.29, 1.82) is 0 Å². The lowest BCUT2D eigenvalue weighted by Crippen LogP contribution is -2.40. The highest BCUT2D eigenvalue weighted by Gasteiger charge is 2.32. The molecule has 0 radical (unpaired) electrons. The molecule has 32 heavy (non-hydrogen) atoms. The van der Waals surface area contributed by atoms with Gasteiger partial charge in [-0.3, -0.25) is 4.79 Å². The van der Waals surface area contributed by atoms with E-state index in [9.17, 15) is 9.18 Å². The van der Waals surface area contributed by atoms with Crippen LogP contribution in [0.25, 0.3) is 0 Å². The number of nitrogens with zero attached hydrogens (tertiary/aromatic N) is 5. The molecule has 0 saturated carbocycles. The van der Waals surface area contributed by atoms with Crippen molar-refractivity contribution in [3.05, 3.63) is 52.7 Å². The summed E-state index contributed by atoms with van der Waals surface area (Å²) in [7, 11) is 6.18. The topological polar surface area (TPSA) is 52.6 Å². The van der Waals surface area contributed by atoms with Gasteiger partial charge in [-0.2, -0.15) is 0 Å². The van der Waals surface area contributed by atoms with Crippen LogP contribution in [0.4, 0.5) is 10.2 Å². The predicted octanol–water partition coefficient (Wildman–Crippen LogP) is 3.75. The van der Waals surface area contributed by atoms with Crippen molar-refractivity contribution in [2.45, 2.75) is 57.5 Å². The minimum Gasteiger partial charge on any atom is -0.362 e. The van der Waals surface area contributed by atoms with Crippen molar-refractivity contribution in [2.75, 3.05) is 39.1 Å². The molecule has 1 aromatic carbocycles. The molecule has 1 fully saturated rings. The number of carbonyl (C=O) groups excluding carboxylic acids is 1. The molecule has 172 valence electrons. The van der Waals surface area contributed by atoms with Crippen LogP contribution < -0.4 is 4.90 Å².